The Kier molecular flexibility index (Phi) is 7.88. The second-order valence-electron chi connectivity index (χ2n) is 9.37. The average Bonchev–Trinajstić information content (AvgIpc) is 3.27. The molecule has 1 aliphatic rings. The number of hydrogen-bond donors (Lipinski definition) is 1. The topological polar surface area (TPSA) is 104 Å². The van der Waals surface area contributed by atoms with Gasteiger partial charge in [-0.25, -0.2) is 4.79 Å². The fraction of sp³-hybridized carbons (Fsp3) is 0.226. The number of hydrogen-bond acceptors (Lipinski definition) is 8. The molecule has 1 atom stereocenters. The number of aryl methyl sites for hydroxylation is 1. The van der Waals surface area contributed by atoms with Crippen molar-refractivity contribution in [2.24, 2.45) is 5.73 Å². The van der Waals surface area contributed by atoms with Crippen LogP contribution < -0.4 is 24.7 Å². The summed E-state index contributed by atoms with van der Waals surface area (Å²) in [7, 11) is 1.57. The molecule has 0 spiro atoms. The van der Waals surface area contributed by atoms with E-state index in [0.717, 1.165) is 34.1 Å². The van der Waals surface area contributed by atoms with Crippen LogP contribution in [-0.2, 0) is 0 Å². The number of unbranched alkanes of at least 4 members (excludes halogenated alkanes) is 1. The molecule has 204 valence electrons. The smallest absolute Gasteiger partial charge is 0.355 e. The molecule has 5 rings (SSSR count). The van der Waals surface area contributed by atoms with Crippen molar-refractivity contribution >= 4 is 39.0 Å². The fourth-order valence-corrected chi connectivity index (χ4v) is 6.09. The highest BCUT2D eigenvalue weighted by Crippen LogP contribution is 2.45. The molecule has 4 aromatic rings. The number of nitrogens with zero attached hydrogens (tertiary/aromatic N) is 1. The summed E-state index contributed by atoms with van der Waals surface area (Å²) in [6, 6.07) is 18.6. The van der Waals surface area contributed by atoms with E-state index < -0.39 is 11.9 Å². The number of esters is 1. The van der Waals surface area contributed by atoms with Crippen LogP contribution in [-0.4, -0.2) is 19.7 Å². The molecular formula is C31H27ClN2O5S. The number of carbonyl (C=O) groups is 1. The second-order valence-corrected chi connectivity index (χ2v) is 10.8. The first-order valence-corrected chi connectivity index (χ1v) is 14.0. The first-order valence-electron chi connectivity index (χ1n) is 12.8. The summed E-state index contributed by atoms with van der Waals surface area (Å²) in [5, 5.41) is 11.1. The Morgan fingerprint density at radius 1 is 1.15 bits per heavy atom. The minimum atomic E-state index is -0.569. The van der Waals surface area contributed by atoms with Crippen LogP contribution in [0.1, 0.15) is 52.0 Å². The fourth-order valence-electron chi connectivity index (χ4n) is 4.61. The van der Waals surface area contributed by atoms with Gasteiger partial charge in [0.25, 0.3) is 0 Å². The van der Waals surface area contributed by atoms with E-state index in [2.05, 4.69) is 13.0 Å². The van der Waals surface area contributed by atoms with E-state index in [1.165, 1.54) is 11.3 Å². The van der Waals surface area contributed by atoms with Crippen LogP contribution >= 0.6 is 22.9 Å². The standard InChI is InChI=1S/C31H27ClN2O5S/c1-4-5-12-37-23-11-7-18(14-25(23)36-3)27-20-10-8-19(15-24(20)39-30(34)22(27)16-33)38-31(35)29-28(32)21-9-6-17(2)13-26(21)40-29/h6-11,13-15,27H,4-5,12,34H2,1-3H3. The Bertz CT molecular complexity index is 1690. The zero-order chi connectivity index (χ0) is 28.4. The number of methoxy groups -OCH3 is 1. The number of allylic oxidation sites excluding steroid dienone is 1. The number of carbonyl (C=O) groups excluding carboxylic acids is 1. The largest absolute Gasteiger partial charge is 0.493 e. The van der Waals surface area contributed by atoms with Gasteiger partial charge in [0.15, 0.2) is 11.5 Å². The molecule has 0 fully saturated rings. The van der Waals surface area contributed by atoms with Crippen molar-refractivity contribution in [3.8, 4) is 29.1 Å². The molecule has 2 heterocycles. The van der Waals surface area contributed by atoms with Gasteiger partial charge in [0.1, 0.15) is 28.0 Å². The third-order valence-electron chi connectivity index (χ3n) is 6.65. The summed E-state index contributed by atoms with van der Waals surface area (Å²) in [4.78, 5) is 13.4. The Balaban J connectivity index is 1.46. The highest BCUT2D eigenvalue weighted by molar-refractivity contribution is 7.21. The minimum Gasteiger partial charge on any atom is -0.493 e. The predicted molar refractivity (Wildman–Crippen MR) is 156 cm³/mol. The van der Waals surface area contributed by atoms with E-state index in [1.807, 2.05) is 43.3 Å². The van der Waals surface area contributed by atoms with Crippen molar-refractivity contribution in [3.05, 3.63) is 92.6 Å². The van der Waals surface area contributed by atoms with Gasteiger partial charge in [-0.1, -0.05) is 49.2 Å². The molecule has 0 bridgehead atoms. The summed E-state index contributed by atoms with van der Waals surface area (Å²) < 4.78 is 23.9. The van der Waals surface area contributed by atoms with Gasteiger partial charge >= 0.3 is 5.97 Å². The Labute approximate surface area is 241 Å². The van der Waals surface area contributed by atoms with Gasteiger partial charge in [-0.2, -0.15) is 5.26 Å². The van der Waals surface area contributed by atoms with Gasteiger partial charge < -0.3 is 24.7 Å². The number of rotatable bonds is 8. The Hall–Kier alpha value is -4.19. The molecule has 1 unspecified atom stereocenters. The molecule has 3 aromatic carbocycles. The molecule has 0 amide bonds. The number of nitriles is 1. The van der Waals surface area contributed by atoms with E-state index >= 15 is 0 Å². The highest BCUT2D eigenvalue weighted by atomic mass is 35.5. The van der Waals surface area contributed by atoms with E-state index in [1.54, 1.807) is 25.3 Å². The number of thiophene rings is 1. The lowest BCUT2D eigenvalue weighted by atomic mass is 9.83. The molecule has 9 heteroatoms. The van der Waals surface area contributed by atoms with Gasteiger partial charge in [0.2, 0.25) is 5.88 Å². The van der Waals surface area contributed by atoms with E-state index in [4.69, 9.17) is 36.3 Å². The number of ether oxygens (including phenoxy) is 4. The zero-order valence-corrected chi connectivity index (χ0v) is 23.8. The third-order valence-corrected chi connectivity index (χ3v) is 8.29. The third kappa shape index (κ3) is 5.18. The monoisotopic (exact) mass is 574 g/mol. The number of benzene rings is 3. The van der Waals surface area contributed by atoms with Crippen molar-refractivity contribution in [3.63, 3.8) is 0 Å². The quantitative estimate of drug-likeness (QED) is 0.132. The van der Waals surface area contributed by atoms with Crippen LogP contribution in [0.5, 0.6) is 23.0 Å². The molecule has 1 aromatic heterocycles. The van der Waals surface area contributed by atoms with Gasteiger partial charge in [-0.3, -0.25) is 0 Å². The molecule has 1 aliphatic heterocycles. The van der Waals surface area contributed by atoms with Gasteiger partial charge in [0.05, 0.1) is 24.7 Å². The van der Waals surface area contributed by atoms with E-state index in [9.17, 15) is 10.1 Å². The SMILES string of the molecule is CCCCOc1ccc(C2C(C#N)=C(N)Oc3cc(OC(=O)c4sc5cc(C)ccc5c4Cl)ccc32)cc1OC. The number of nitrogens with two attached hydrogens (primary N) is 1. The molecule has 0 saturated heterocycles. The van der Waals surface area contributed by atoms with Crippen LogP contribution in [0.3, 0.4) is 0 Å². The molecule has 7 nitrogen and oxygen atoms in total. The Morgan fingerprint density at radius 2 is 1.98 bits per heavy atom. The first kappa shape index (κ1) is 27.4. The molecule has 0 saturated carbocycles. The number of fused-ring (bicyclic) bond motifs is 2. The number of halogens is 1. The van der Waals surface area contributed by atoms with E-state index in [-0.39, 0.29) is 17.2 Å². The van der Waals surface area contributed by atoms with Crippen molar-refractivity contribution in [2.45, 2.75) is 32.6 Å². The zero-order valence-electron chi connectivity index (χ0n) is 22.2. The summed E-state index contributed by atoms with van der Waals surface area (Å²) in [6.07, 6.45) is 1.95. The van der Waals surface area contributed by atoms with Crippen LogP contribution in [0, 0.1) is 18.3 Å². The maximum atomic E-state index is 13.1. The highest BCUT2D eigenvalue weighted by Gasteiger charge is 2.32. The molecule has 0 aliphatic carbocycles. The van der Waals surface area contributed by atoms with Crippen molar-refractivity contribution < 1.29 is 23.7 Å². The van der Waals surface area contributed by atoms with Gasteiger partial charge in [0, 0.05) is 21.7 Å². The summed E-state index contributed by atoms with van der Waals surface area (Å²) in [6.45, 7) is 4.66. The normalized spacial score (nSPS) is 14.3. The van der Waals surface area contributed by atoms with Crippen LogP contribution in [0.15, 0.2) is 66.1 Å². The molecule has 40 heavy (non-hydrogen) atoms. The predicted octanol–water partition coefficient (Wildman–Crippen LogP) is 7.49. The maximum Gasteiger partial charge on any atom is 0.355 e. The van der Waals surface area contributed by atoms with E-state index in [0.29, 0.717) is 39.3 Å². The summed E-state index contributed by atoms with van der Waals surface area (Å²) in [5.41, 5.74) is 9.01. The summed E-state index contributed by atoms with van der Waals surface area (Å²) in [5.74, 6) is 0.717. The van der Waals surface area contributed by atoms with Crippen LogP contribution in [0.25, 0.3) is 10.1 Å². The lowest BCUT2D eigenvalue weighted by Crippen LogP contribution is -2.21. The average molecular weight is 575 g/mol. The van der Waals surface area contributed by atoms with Crippen LogP contribution in [0.4, 0.5) is 0 Å². The van der Waals surface area contributed by atoms with Crippen molar-refractivity contribution in [1.82, 2.24) is 0 Å². The van der Waals surface area contributed by atoms with Crippen LogP contribution in [0.2, 0.25) is 5.02 Å². The van der Waals surface area contributed by atoms with Gasteiger partial charge in [-0.05, 0) is 48.7 Å². The molecule has 0 radical (unpaired) electrons. The minimum absolute atomic E-state index is 0.0198. The Morgan fingerprint density at radius 3 is 2.73 bits per heavy atom. The summed E-state index contributed by atoms with van der Waals surface area (Å²) >= 11 is 7.79. The second kappa shape index (κ2) is 11.5. The van der Waals surface area contributed by atoms with Crippen molar-refractivity contribution in [2.75, 3.05) is 13.7 Å². The molecule has 2 N–H and O–H groups in total. The van der Waals surface area contributed by atoms with Gasteiger partial charge in [-0.15, -0.1) is 11.3 Å². The maximum absolute atomic E-state index is 13.1. The lowest BCUT2D eigenvalue weighted by Gasteiger charge is -2.27. The molecular weight excluding hydrogens is 548 g/mol. The van der Waals surface area contributed by atoms with Crippen molar-refractivity contribution in [1.29, 1.82) is 5.26 Å². The first-order chi connectivity index (χ1) is 19.3. The lowest BCUT2D eigenvalue weighted by molar-refractivity contribution is 0.0740.